The Morgan fingerprint density at radius 2 is 2.08 bits per heavy atom. The van der Waals surface area contributed by atoms with Gasteiger partial charge < -0.3 is 5.32 Å². The average molecular weight is 340 g/mol. The third-order valence-electron chi connectivity index (χ3n) is 4.76. The molecule has 0 saturated carbocycles. The third kappa shape index (κ3) is 3.93. The first kappa shape index (κ1) is 17.7. The highest BCUT2D eigenvalue weighted by atomic mass is 16.2. The number of rotatable bonds is 6. The first-order valence-electron chi connectivity index (χ1n) is 9.26. The molecule has 1 aliphatic carbocycles. The van der Waals surface area contributed by atoms with Crippen LogP contribution in [0.25, 0.3) is 0 Å². The SMILES string of the molecule is CCn1ncc2c1CCC[C@H]2N[C@H](C(=O)NC(C)C)c1ccccc1. The maximum atomic E-state index is 12.8. The van der Waals surface area contributed by atoms with Crippen LogP contribution < -0.4 is 10.6 Å². The van der Waals surface area contributed by atoms with E-state index in [-0.39, 0.29) is 24.0 Å². The van der Waals surface area contributed by atoms with E-state index >= 15 is 0 Å². The van der Waals surface area contributed by atoms with Gasteiger partial charge in [0.25, 0.3) is 0 Å². The lowest BCUT2D eigenvalue weighted by molar-refractivity contribution is -0.124. The predicted molar refractivity (Wildman–Crippen MR) is 99.2 cm³/mol. The fourth-order valence-corrected chi connectivity index (χ4v) is 3.60. The van der Waals surface area contributed by atoms with Gasteiger partial charge in [-0.1, -0.05) is 30.3 Å². The fourth-order valence-electron chi connectivity index (χ4n) is 3.60. The van der Waals surface area contributed by atoms with Crippen LogP contribution in [0, 0.1) is 0 Å². The van der Waals surface area contributed by atoms with Gasteiger partial charge in [-0.25, -0.2) is 0 Å². The molecule has 0 unspecified atom stereocenters. The predicted octanol–water partition coefficient (Wildman–Crippen LogP) is 3.14. The number of carbonyl (C=O) groups excluding carboxylic acids is 1. The molecule has 134 valence electrons. The Bertz CT molecular complexity index is 708. The summed E-state index contributed by atoms with van der Waals surface area (Å²) >= 11 is 0. The van der Waals surface area contributed by atoms with Crippen molar-refractivity contribution >= 4 is 5.91 Å². The van der Waals surface area contributed by atoms with E-state index in [0.717, 1.165) is 31.4 Å². The first-order valence-corrected chi connectivity index (χ1v) is 9.26. The monoisotopic (exact) mass is 340 g/mol. The van der Waals surface area contributed by atoms with Crippen molar-refractivity contribution in [3.63, 3.8) is 0 Å². The summed E-state index contributed by atoms with van der Waals surface area (Å²) < 4.78 is 2.08. The zero-order valence-electron chi connectivity index (χ0n) is 15.3. The van der Waals surface area contributed by atoms with Crippen LogP contribution in [0.4, 0.5) is 0 Å². The summed E-state index contributed by atoms with van der Waals surface area (Å²) in [5.41, 5.74) is 3.55. The molecule has 25 heavy (non-hydrogen) atoms. The minimum absolute atomic E-state index is 0.0243. The number of aromatic nitrogens is 2. The summed E-state index contributed by atoms with van der Waals surface area (Å²) in [6, 6.07) is 9.88. The molecule has 2 atom stereocenters. The first-order chi connectivity index (χ1) is 12.1. The largest absolute Gasteiger partial charge is 0.352 e. The lowest BCUT2D eigenvalue weighted by atomic mass is 9.91. The maximum Gasteiger partial charge on any atom is 0.241 e. The van der Waals surface area contributed by atoms with Crippen LogP contribution in [-0.4, -0.2) is 21.7 Å². The molecule has 5 nitrogen and oxygen atoms in total. The summed E-state index contributed by atoms with van der Waals surface area (Å²) in [5.74, 6) is 0.0243. The number of carbonyl (C=O) groups is 1. The van der Waals surface area contributed by atoms with Crippen LogP contribution in [0.3, 0.4) is 0 Å². The lowest BCUT2D eigenvalue weighted by Crippen LogP contribution is -2.42. The highest BCUT2D eigenvalue weighted by molar-refractivity contribution is 5.83. The lowest BCUT2D eigenvalue weighted by Gasteiger charge is -2.29. The van der Waals surface area contributed by atoms with Crippen molar-refractivity contribution in [3.8, 4) is 0 Å². The molecule has 0 aliphatic heterocycles. The van der Waals surface area contributed by atoms with E-state index in [2.05, 4.69) is 27.3 Å². The van der Waals surface area contributed by atoms with E-state index in [9.17, 15) is 4.79 Å². The topological polar surface area (TPSA) is 59.0 Å². The molecule has 2 aromatic rings. The highest BCUT2D eigenvalue weighted by Gasteiger charge is 2.29. The molecule has 1 amide bonds. The summed E-state index contributed by atoms with van der Waals surface area (Å²) in [6.45, 7) is 6.99. The van der Waals surface area contributed by atoms with Crippen LogP contribution >= 0.6 is 0 Å². The third-order valence-corrected chi connectivity index (χ3v) is 4.76. The van der Waals surface area contributed by atoms with Crippen molar-refractivity contribution < 1.29 is 4.79 Å². The van der Waals surface area contributed by atoms with E-state index in [1.54, 1.807) is 0 Å². The van der Waals surface area contributed by atoms with Gasteiger partial charge in [0.05, 0.1) is 6.20 Å². The summed E-state index contributed by atoms with van der Waals surface area (Å²) in [7, 11) is 0. The van der Waals surface area contributed by atoms with Crippen LogP contribution in [0.2, 0.25) is 0 Å². The molecule has 2 N–H and O–H groups in total. The smallest absolute Gasteiger partial charge is 0.241 e. The number of nitrogens with one attached hydrogen (secondary N) is 2. The molecular formula is C20H28N4O. The van der Waals surface area contributed by atoms with Gasteiger partial charge in [-0.15, -0.1) is 0 Å². The zero-order valence-corrected chi connectivity index (χ0v) is 15.3. The second-order valence-electron chi connectivity index (χ2n) is 6.98. The second-order valence-corrected chi connectivity index (χ2v) is 6.98. The molecule has 0 saturated heterocycles. The molecule has 5 heteroatoms. The fraction of sp³-hybridized carbons (Fsp3) is 0.500. The van der Waals surface area contributed by atoms with E-state index in [4.69, 9.17) is 0 Å². The Morgan fingerprint density at radius 3 is 2.76 bits per heavy atom. The number of benzene rings is 1. The molecule has 1 heterocycles. The number of amides is 1. The quantitative estimate of drug-likeness (QED) is 0.849. The van der Waals surface area contributed by atoms with E-state index in [1.807, 2.05) is 50.4 Å². The second kappa shape index (κ2) is 7.83. The van der Waals surface area contributed by atoms with Crippen molar-refractivity contribution in [3.05, 3.63) is 53.3 Å². The van der Waals surface area contributed by atoms with Crippen LogP contribution in [0.5, 0.6) is 0 Å². The molecule has 1 aromatic carbocycles. The van der Waals surface area contributed by atoms with Gasteiger partial charge in [-0.3, -0.25) is 14.8 Å². The molecule has 0 bridgehead atoms. The highest BCUT2D eigenvalue weighted by Crippen LogP contribution is 2.32. The van der Waals surface area contributed by atoms with E-state index < -0.39 is 0 Å². The van der Waals surface area contributed by atoms with Gasteiger partial charge in [0.1, 0.15) is 6.04 Å². The van der Waals surface area contributed by atoms with Crippen LogP contribution in [0.15, 0.2) is 36.5 Å². The minimum atomic E-state index is -0.357. The molecule has 0 radical (unpaired) electrons. The Morgan fingerprint density at radius 1 is 1.32 bits per heavy atom. The van der Waals surface area contributed by atoms with Gasteiger partial charge >= 0.3 is 0 Å². The Hall–Kier alpha value is -2.14. The Balaban J connectivity index is 1.86. The average Bonchev–Trinajstić information content (AvgIpc) is 3.03. The number of fused-ring (bicyclic) bond motifs is 1. The van der Waals surface area contributed by atoms with Gasteiger partial charge in [0.2, 0.25) is 5.91 Å². The van der Waals surface area contributed by atoms with Crippen molar-refractivity contribution in [2.45, 2.75) is 64.7 Å². The Kier molecular flexibility index (Phi) is 5.53. The number of hydrogen-bond donors (Lipinski definition) is 2. The standard InChI is InChI=1S/C20H28N4O/c1-4-24-18-12-8-11-17(16(18)13-21-24)23-19(20(25)22-14(2)3)15-9-6-5-7-10-15/h5-7,9-10,13-14,17,19,23H,4,8,11-12H2,1-3H3,(H,22,25)/t17-,19+/m1/s1. The van der Waals surface area contributed by atoms with Crippen molar-refractivity contribution in [1.82, 2.24) is 20.4 Å². The van der Waals surface area contributed by atoms with Gasteiger partial charge in [0, 0.05) is 29.9 Å². The summed E-state index contributed by atoms with van der Waals surface area (Å²) in [5, 5.41) is 11.2. The van der Waals surface area contributed by atoms with Gasteiger partial charge in [-0.2, -0.15) is 5.10 Å². The number of nitrogens with zero attached hydrogens (tertiary/aromatic N) is 2. The molecule has 0 fully saturated rings. The minimum Gasteiger partial charge on any atom is -0.352 e. The summed E-state index contributed by atoms with van der Waals surface area (Å²) in [4.78, 5) is 12.8. The normalized spacial score (nSPS) is 18.0. The number of aryl methyl sites for hydroxylation is 1. The van der Waals surface area contributed by atoms with Gasteiger partial charge in [0.15, 0.2) is 0 Å². The number of hydrogen-bond acceptors (Lipinski definition) is 3. The molecule has 0 spiro atoms. The molecule has 3 rings (SSSR count). The molecule has 1 aromatic heterocycles. The van der Waals surface area contributed by atoms with Crippen LogP contribution in [0.1, 0.15) is 62.5 Å². The molecule has 1 aliphatic rings. The van der Waals surface area contributed by atoms with Crippen molar-refractivity contribution in [2.24, 2.45) is 0 Å². The van der Waals surface area contributed by atoms with Crippen LogP contribution in [-0.2, 0) is 17.8 Å². The summed E-state index contributed by atoms with van der Waals surface area (Å²) in [6.07, 6.45) is 5.18. The maximum absolute atomic E-state index is 12.8. The van der Waals surface area contributed by atoms with Gasteiger partial charge in [-0.05, 0) is 45.6 Å². The van der Waals surface area contributed by atoms with Crippen molar-refractivity contribution in [2.75, 3.05) is 0 Å². The zero-order chi connectivity index (χ0) is 17.8. The molecular weight excluding hydrogens is 312 g/mol. The van der Waals surface area contributed by atoms with E-state index in [0.29, 0.717) is 0 Å². The van der Waals surface area contributed by atoms with E-state index in [1.165, 1.54) is 11.3 Å². The van der Waals surface area contributed by atoms with Crippen molar-refractivity contribution in [1.29, 1.82) is 0 Å². The Labute approximate surface area is 149 Å².